The van der Waals surface area contributed by atoms with Gasteiger partial charge in [0.25, 0.3) is 0 Å². The number of nitrogens with zero attached hydrogens (tertiary/aromatic N) is 1. The first-order valence-corrected chi connectivity index (χ1v) is 9.71. The van der Waals surface area contributed by atoms with Gasteiger partial charge in [-0.1, -0.05) is 23.8 Å². The summed E-state index contributed by atoms with van der Waals surface area (Å²) in [5, 5.41) is 18.5. The molecule has 1 aliphatic carbocycles. The molecular weight excluding hydrogens is 354 g/mol. The molecule has 1 fully saturated rings. The van der Waals surface area contributed by atoms with Crippen LogP contribution in [0, 0.1) is 23.7 Å². The highest BCUT2D eigenvalue weighted by atomic mass is 32.2. The average Bonchev–Trinajstić information content (AvgIpc) is 3.12. The van der Waals surface area contributed by atoms with Crippen LogP contribution in [-0.4, -0.2) is 32.2 Å². The molecule has 1 aliphatic heterocycles. The fourth-order valence-corrected chi connectivity index (χ4v) is 5.99. The maximum absolute atomic E-state index is 13.1. The summed E-state index contributed by atoms with van der Waals surface area (Å²) in [5.74, 6) is 0.475. The zero-order valence-corrected chi connectivity index (χ0v) is 14.9. The number of benzene rings is 2. The summed E-state index contributed by atoms with van der Waals surface area (Å²) in [6, 6.07) is 13.7. The van der Waals surface area contributed by atoms with E-state index in [-0.39, 0.29) is 11.7 Å². The van der Waals surface area contributed by atoms with Gasteiger partial charge in [-0.05, 0) is 36.8 Å². The second-order valence-electron chi connectivity index (χ2n) is 6.68. The number of sulfone groups is 1. The van der Waals surface area contributed by atoms with Crippen LogP contribution in [0.4, 0.5) is 0 Å². The van der Waals surface area contributed by atoms with Crippen LogP contribution in [0.3, 0.4) is 0 Å². The predicted molar refractivity (Wildman–Crippen MR) is 92.6 cm³/mol. The van der Waals surface area contributed by atoms with E-state index in [1.807, 2.05) is 6.92 Å². The van der Waals surface area contributed by atoms with Crippen molar-refractivity contribution in [1.29, 1.82) is 5.26 Å². The predicted octanol–water partition coefficient (Wildman–Crippen LogP) is 2.17. The van der Waals surface area contributed by atoms with Gasteiger partial charge in [0.15, 0.2) is 21.3 Å². The van der Waals surface area contributed by atoms with Crippen LogP contribution in [-0.2, 0) is 9.84 Å². The highest BCUT2D eigenvalue weighted by molar-refractivity contribution is 7.92. The first-order valence-electron chi connectivity index (χ1n) is 8.16. The van der Waals surface area contributed by atoms with E-state index in [4.69, 9.17) is 9.47 Å². The highest BCUT2D eigenvalue weighted by Crippen LogP contribution is 2.64. The molecule has 4 rings (SSSR count). The Morgan fingerprint density at radius 3 is 2.54 bits per heavy atom. The van der Waals surface area contributed by atoms with Crippen LogP contribution in [0.5, 0.6) is 11.5 Å². The lowest BCUT2D eigenvalue weighted by Crippen LogP contribution is -2.18. The standard InChI is InChI=1S/C19H17NO5S/c1-12-2-5-14(6-3-12)26(22,23)18-17(19(18,9-20)10-21)13-4-7-15-16(8-13)25-11-24-15/h2-8,17-18,21H,10-11H2,1H3/t17-,18-,19+/m1/s1. The number of aliphatic hydroxyl groups excluding tert-OH is 1. The molecule has 26 heavy (non-hydrogen) atoms. The molecule has 1 heterocycles. The minimum absolute atomic E-state index is 0.109. The topological polar surface area (TPSA) is 96.6 Å². The van der Waals surface area contributed by atoms with E-state index in [0.717, 1.165) is 5.56 Å². The number of aliphatic hydroxyl groups is 1. The number of fused-ring (bicyclic) bond motifs is 1. The van der Waals surface area contributed by atoms with Crippen molar-refractivity contribution in [3.8, 4) is 17.6 Å². The Balaban J connectivity index is 1.77. The Kier molecular flexibility index (Phi) is 3.72. The van der Waals surface area contributed by atoms with E-state index in [9.17, 15) is 18.8 Å². The maximum Gasteiger partial charge on any atom is 0.231 e. The summed E-state index contributed by atoms with van der Waals surface area (Å²) < 4.78 is 36.9. The third-order valence-electron chi connectivity index (χ3n) is 5.17. The zero-order chi connectivity index (χ0) is 18.5. The van der Waals surface area contributed by atoms with E-state index >= 15 is 0 Å². The van der Waals surface area contributed by atoms with Crippen molar-refractivity contribution < 1.29 is 23.0 Å². The molecule has 3 atom stereocenters. The summed E-state index contributed by atoms with van der Waals surface area (Å²) in [6.45, 7) is 1.45. The SMILES string of the molecule is Cc1ccc(S(=O)(=O)[C@@H]2[C@@H](c3ccc4c(c3)OCO4)[C@]2(C#N)CO)cc1. The van der Waals surface area contributed by atoms with Gasteiger partial charge in [-0.3, -0.25) is 0 Å². The lowest BCUT2D eigenvalue weighted by atomic mass is 10.0. The molecule has 0 radical (unpaired) electrons. The van der Waals surface area contributed by atoms with Crippen LogP contribution in [0.2, 0.25) is 0 Å². The van der Waals surface area contributed by atoms with Gasteiger partial charge in [0.05, 0.1) is 22.8 Å². The number of rotatable bonds is 4. The molecule has 0 unspecified atom stereocenters. The molecule has 134 valence electrons. The molecule has 0 amide bonds. The number of aryl methyl sites for hydroxylation is 1. The minimum atomic E-state index is -3.78. The molecule has 7 heteroatoms. The lowest BCUT2D eigenvalue weighted by molar-refractivity contribution is 0.174. The lowest BCUT2D eigenvalue weighted by Gasteiger charge is -2.06. The summed E-state index contributed by atoms with van der Waals surface area (Å²) in [4.78, 5) is 0.157. The fraction of sp³-hybridized carbons (Fsp3) is 0.316. The molecule has 1 N–H and O–H groups in total. The Labute approximate surface area is 151 Å². The summed E-state index contributed by atoms with van der Waals surface area (Å²) in [6.07, 6.45) is 0. The van der Waals surface area contributed by atoms with Crippen molar-refractivity contribution in [3.63, 3.8) is 0 Å². The van der Waals surface area contributed by atoms with Gasteiger partial charge in [0, 0.05) is 5.92 Å². The molecule has 0 spiro atoms. The number of nitriles is 1. The van der Waals surface area contributed by atoms with Gasteiger partial charge in [-0.25, -0.2) is 8.42 Å². The third kappa shape index (κ3) is 2.30. The normalized spacial score (nSPS) is 26.3. The smallest absolute Gasteiger partial charge is 0.231 e. The maximum atomic E-state index is 13.1. The summed E-state index contributed by atoms with van der Waals surface area (Å²) in [7, 11) is -3.78. The van der Waals surface area contributed by atoms with E-state index in [2.05, 4.69) is 6.07 Å². The van der Waals surface area contributed by atoms with Crippen molar-refractivity contribution in [2.45, 2.75) is 23.0 Å². The third-order valence-corrected chi connectivity index (χ3v) is 7.46. The van der Waals surface area contributed by atoms with E-state index in [1.165, 1.54) is 0 Å². The van der Waals surface area contributed by atoms with Crippen molar-refractivity contribution in [2.24, 2.45) is 5.41 Å². The van der Waals surface area contributed by atoms with Crippen molar-refractivity contribution in [2.75, 3.05) is 13.4 Å². The molecule has 1 saturated carbocycles. The molecule has 6 nitrogen and oxygen atoms in total. The Hall–Kier alpha value is -2.56. The van der Waals surface area contributed by atoms with Crippen LogP contribution >= 0.6 is 0 Å². The minimum Gasteiger partial charge on any atom is -0.454 e. The quantitative estimate of drug-likeness (QED) is 0.885. The largest absolute Gasteiger partial charge is 0.454 e. The van der Waals surface area contributed by atoms with Gasteiger partial charge in [-0.15, -0.1) is 0 Å². The first kappa shape index (κ1) is 16.9. The fourth-order valence-electron chi connectivity index (χ4n) is 3.67. The molecule has 0 saturated heterocycles. The van der Waals surface area contributed by atoms with Crippen LogP contribution < -0.4 is 9.47 Å². The second kappa shape index (κ2) is 5.73. The number of hydrogen-bond donors (Lipinski definition) is 1. The van der Waals surface area contributed by atoms with Gasteiger partial charge < -0.3 is 14.6 Å². The molecule has 2 aliphatic rings. The van der Waals surface area contributed by atoms with Crippen molar-refractivity contribution in [1.82, 2.24) is 0 Å². The van der Waals surface area contributed by atoms with Gasteiger partial charge >= 0.3 is 0 Å². The van der Waals surface area contributed by atoms with Crippen LogP contribution in [0.15, 0.2) is 47.4 Å². The Morgan fingerprint density at radius 1 is 1.19 bits per heavy atom. The molecular formula is C19H17NO5S. The Morgan fingerprint density at radius 2 is 1.88 bits per heavy atom. The summed E-state index contributed by atoms with van der Waals surface area (Å²) in [5.41, 5.74) is 0.226. The van der Waals surface area contributed by atoms with Crippen molar-refractivity contribution in [3.05, 3.63) is 53.6 Å². The monoisotopic (exact) mass is 371 g/mol. The van der Waals surface area contributed by atoms with Gasteiger partial charge in [-0.2, -0.15) is 5.26 Å². The molecule has 0 aromatic heterocycles. The number of ether oxygens (including phenoxy) is 2. The van der Waals surface area contributed by atoms with Gasteiger partial charge in [0.1, 0.15) is 5.41 Å². The van der Waals surface area contributed by atoms with Crippen LogP contribution in [0.25, 0.3) is 0 Å². The van der Waals surface area contributed by atoms with E-state index in [0.29, 0.717) is 17.1 Å². The first-order chi connectivity index (χ1) is 12.4. The molecule has 0 bridgehead atoms. The Bertz CT molecular complexity index is 1010. The summed E-state index contributed by atoms with van der Waals surface area (Å²) >= 11 is 0. The van der Waals surface area contributed by atoms with Crippen molar-refractivity contribution >= 4 is 9.84 Å². The average molecular weight is 371 g/mol. The number of hydrogen-bond acceptors (Lipinski definition) is 6. The second-order valence-corrected chi connectivity index (χ2v) is 8.75. The highest BCUT2D eigenvalue weighted by Gasteiger charge is 2.72. The van der Waals surface area contributed by atoms with Crippen LogP contribution in [0.1, 0.15) is 17.0 Å². The zero-order valence-electron chi connectivity index (χ0n) is 14.0. The van der Waals surface area contributed by atoms with E-state index < -0.39 is 33.0 Å². The van der Waals surface area contributed by atoms with Gasteiger partial charge in [0.2, 0.25) is 6.79 Å². The molecule has 2 aromatic carbocycles. The van der Waals surface area contributed by atoms with E-state index in [1.54, 1.807) is 42.5 Å². The molecule has 2 aromatic rings.